The molecule has 0 aromatic carbocycles. The third kappa shape index (κ3) is 2.69. The van der Waals surface area contributed by atoms with Gasteiger partial charge in [-0.05, 0) is 6.92 Å². The molecular formula is C6H7O3. The number of hydrogen-bond acceptors (Lipinski definition) is 3. The summed E-state index contributed by atoms with van der Waals surface area (Å²) in [5, 5.41) is 0. The summed E-state index contributed by atoms with van der Waals surface area (Å²) in [5.74, 6) is -0.674. The first kappa shape index (κ1) is 7.95. The number of carbonyl (C=O) groups is 1. The third-order valence-corrected chi connectivity index (χ3v) is 0.619. The van der Waals surface area contributed by atoms with Gasteiger partial charge >= 0.3 is 5.97 Å². The summed E-state index contributed by atoms with van der Waals surface area (Å²) < 4.78 is 0. The van der Waals surface area contributed by atoms with Crippen molar-refractivity contribution in [1.82, 2.24) is 0 Å². The average molecular weight is 127 g/mol. The maximum atomic E-state index is 10.4. The smallest absolute Gasteiger partial charge is 0.293 e. The van der Waals surface area contributed by atoms with E-state index in [2.05, 4.69) is 29.0 Å². The maximum Gasteiger partial charge on any atom is 0.376 e. The van der Waals surface area contributed by atoms with E-state index in [1.165, 1.54) is 7.11 Å². The Morgan fingerprint density at radius 1 is 1.67 bits per heavy atom. The lowest BCUT2D eigenvalue weighted by atomic mass is 10.3. The van der Waals surface area contributed by atoms with Crippen molar-refractivity contribution in [2.75, 3.05) is 7.11 Å². The summed E-state index contributed by atoms with van der Waals surface area (Å²) in [4.78, 5) is 18.5. The van der Waals surface area contributed by atoms with E-state index in [4.69, 9.17) is 0 Å². The fourth-order valence-corrected chi connectivity index (χ4v) is 0.198. The highest BCUT2D eigenvalue weighted by Crippen LogP contribution is 1.91. The minimum Gasteiger partial charge on any atom is -0.293 e. The van der Waals surface area contributed by atoms with Crippen LogP contribution >= 0.6 is 0 Å². The molecule has 0 unspecified atom stereocenters. The first-order valence-electron chi connectivity index (χ1n) is 2.19. The van der Waals surface area contributed by atoms with E-state index >= 15 is 0 Å². The topological polar surface area (TPSA) is 35.5 Å². The van der Waals surface area contributed by atoms with Gasteiger partial charge in [0.1, 0.15) is 0 Å². The summed E-state index contributed by atoms with van der Waals surface area (Å²) in [7, 11) is 1.23. The molecule has 0 heterocycles. The molecule has 3 nitrogen and oxygen atoms in total. The van der Waals surface area contributed by atoms with Gasteiger partial charge in [-0.3, -0.25) is 4.89 Å². The second kappa shape index (κ2) is 3.89. The molecule has 0 N–H and O–H groups in total. The number of hydrogen-bond donors (Lipinski definition) is 0. The molecule has 0 saturated carbocycles. The van der Waals surface area contributed by atoms with Crippen molar-refractivity contribution in [3.63, 3.8) is 0 Å². The Balaban J connectivity index is 3.89. The van der Waals surface area contributed by atoms with Crippen LogP contribution in [0, 0.1) is 6.92 Å². The van der Waals surface area contributed by atoms with Crippen LogP contribution < -0.4 is 0 Å². The first-order chi connectivity index (χ1) is 4.22. The standard InChI is InChI=1S/C6H7O3/c1-4-5(2)6(7)9-8-3/h1-2H2,3H3. The van der Waals surface area contributed by atoms with Crippen LogP contribution in [-0.4, -0.2) is 13.1 Å². The molecule has 0 fully saturated rings. The summed E-state index contributed by atoms with van der Waals surface area (Å²) >= 11 is 0. The molecule has 0 aliphatic heterocycles. The highest BCUT2D eigenvalue weighted by atomic mass is 17.2. The van der Waals surface area contributed by atoms with Crippen LogP contribution in [0.2, 0.25) is 0 Å². The van der Waals surface area contributed by atoms with Crippen molar-refractivity contribution in [2.24, 2.45) is 0 Å². The lowest BCUT2D eigenvalue weighted by Crippen LogP contribution is -2.03. The molecule has 0 atom stereocenters. The van der Waals surface area contributed by atoms with Gasteiger partial charge in [0.15, 0.2) is 0 Å². The molecule has 0 spiro atoms. The monoisotopic (exact) mass is 127 g/mol. The zero-order valence-corrected chi connectivity index (χ0v) is 5.14. The largest absolute Gasteiger partial charge is 0.376 e. The summed E-state index contributed by atoms with van der Waals surface area (Å²) in [6.45, 7) is 6.45. The van der Waals surface area contributed by atoms with Crippen molar-refractivity contribution < 1.29 is 14.6 Å². The molecule has 0 aliphatic rings. The van der Waals surface area contributed by atoms with E-state index < -0.39 is 5.97 Å². The van der Waals surface area contributed by atoms with E-state index in [9.17, 15) is 4.79 Å². The van der Waals surface area contributed by atoms with Gasteiger partial charge in [0, 0.05) is 0 Å². The Morgan fingerprint density at radius 3 is 2.56 bits per heavy atom. The average Bonchev–Trinajstić information content (AvgIpc) is 1.87. The fourth-order valence-electron chi connectivity index (χ4n) is 0.198. The Bertz CT molecular complexity index is 154. The Kier molecular flexibility index (Phi) is 3.44. The minimum atomic E-state index is -0.674. The van der Waals surface area contributed by atoms with Crippen molar-refractivity contribution in [2.45, 2.75) is 0 Å². The van der Waals surface area contributed by atoms with Gasteiger partial charge in [-0.1, -0.05) is 6.58 Å². The molecule has 0 aliphatic carbocycles. The Hall–Kier alpha value is -1.05. The van der Waals surface area contributed by atoms with Gasteiger partial charge in [0.2, 0.25) is 0 Å². The van der Waals surface area contributed by atoms with E-state index in [0.29, 0.717) is 0 Å². The third-order valence-electron chi connectivity index (χ3n) is 0.619. The van der Waals surface area contributed by atoms with E-state index in [1.807, 2.05) is 0 Å². The van der Waals surface area contributed by atoms with Gasteiger partial charge in [-0.15, -0.1) is 5.73 Å². The normalized spacial score (nSPS) is 7.78. The van der Waals surface area contributed by atoms with Crippen LogP contribution in [0.25, 0.3) is 0 Å². The second-order valence-corrected chi connectivity index (χ2v) is 1.19. The van der Waals surface area contributed by atoms with Crippen LogP contribution in [0.3, 0.4) is 0 Å². The quantitative estimate of drug-likeness (QED) is 0.236. The Labute approximate surface area is 53.5 Å². The number of rotatable bonds is 2. The molecule has 0 aromatic heterocycles. The SMILES string of the molecule is [CH2]C(=C=C)C(=O)OOC. The van der Waals surface area contributed by atoms with E-state index in [1.54, 1.807) is 0 Å². The van der Waals surface area contributed by atoms with Crippen LogP contribution in [0.1, 0.15) is 0 Å². The van der Waals surface area contributed by atoms with Gasteiger partial charge in [-0.25, -0.2) is 4.79 Å². The molecular weight excluding hydrogens is 120 g/mol. The maximum absolute atomic E-state index is 10.4. The predicted molar refractivity (Wildman–Crippen MR) is 31.1 cm³/mol. The fraction of sp³-hybridized carbons (Fsp3) is 0.167. The highest BCUT2D eigenvalue weighted by Gasteiger charge is 2.03. The van der Waals surface area contributed by atoms with E-state index in [-0.39, 0.29) is 5.57 Å². The molecule has 9 heavy (non-hydrogen) atoms. The van der Waals surface area contributed by atoms with Crippen molar-refractivity contribution >= 4 is 5.97 Å². The molecule has 0 aromatic rings. The molecule has 3 heteroatoms. The molecule has 0 amide bonds. The molecule has 0 rings (SSSR count). The number of carbonyl (C=O) groups excluding carboxylic acids is 1. The van der Waals surface area contributed by atoms with Crippen molar-refractivity contribution in [1.29, 1.82) is 0 Å². The molecule has 1 radical (unpaired) electrons. The van der Waals surface area contributed by atoms with Crippen molar-refractivity contribution in [3.8, 4) is 0 Å². The van der Waals surface area contributed by atoms with Crippen LogP contribution in [0.15, 0.2) is 17.9 Å². The van der Waals surface area contributed by atoms with Gasteiger partial charge < -0.3 is 0 Å². The Morgan fingerprint density at radius 2 is 2.22 bits per heavy atom. The first-order valence-corrected chi connectivity index (χ1v) is 2.19. The second-order valence-electron chi connectivity index (χ2n) is 1.19. The van der Waals surface area contributed by atoms with Gasteiger partial charge in [0.25, 0.3) is 0 Å². The lowest BCUT2D eigenvalue weighted by molar-refractivity contribution is -0.250. The minimum absolute atomic E-state index is 0.0526. The van der Waals surface area contributed by atoms with Crippen molar-refractivity contribution in [3.05, 3.63) is 24.8 Å². The summed E-state index contributed by atoms with van der Waals surface area (Å²) in [6, 6.07) is 0. The predicted octanol–water partition coefficient (Wildman–Crippen LogP) is 0.636. The molecule has 0 saturated heterocycles. The zero-order valence-electron chi connectivity index (χ0n) is 5.14. The van der Waals surface area contributed by atoms with Crippen LogP contribution in [0.4, 0.5) is 0 Å². The van der Waals surface area contributed by atoms with Crippen LogP contribution in [0.5, 0.6) is 0 Å². The molecule has 49 valence electrons. The van der Waals surface area contributed by atoms with Gasteiger partial charge in [0.05, 0.1) is 12.7 Å². The van der Waals surface area contributed by atoms with Gasteiger partial charge in [-0.2, -0.15) is 4.89 Å². The van der Waals surface area contributed by atoms with E-state index in [0.717, 1.165) is 0 Å². The lowest BCUT2D eigenvalue weighted by Gasteiger charge is -1.94. The summed E-state index contributed by atoms with van der Waals surface area (Å²) in [6.07, 6.45) is 0. The van der Waals surface area contributed by atoms with Crippen LogP contribution in [-0.2, 0) is 14.6 Å². The summed E-state index contributed by atoms with van der Waals surface area (Å²) in [5.41, 5.74) is 2.30. The highest BCUT2D eigenvalue weighted by molar-refractivity contribution is 5.88. The molecule has 0 bridgehead atoms. The zero-order chi connectivity index (χ0) is 7.28.